The van der Waals surface area contributed by atoms with Crippen LogP contribution in [0.5, 0.6) is 5.75 Å². The monoisotopic (exact) mass is 521 g/mol. The van der Waals surface area contributed by atoms with Crippen LogP contribution < -0.4 is 10.3 Å². The summed E-state index contributed by atoms with van der Waals surface area (Å²) in [7, 11) is 0. The van der Waals surface area contributed by atoms with Crippen LogP contribution in [0.3, 0.4) is 0 Å². The first-order valence-corrected chi connectivity index (χ1v) is 11.4. The van der Waals surface area contributed by atoms with Crippen molar-refractivity contribution in [3.05, 3.63) is 92.1 Å². The van der Waals surface area contributed by atoms with Crippen molar-refractivity contribution in [2.24, 2.45) is 5.10 Å². The lowest BCUT2D eigenvalue weighted by Crippen LogP contribution is -2.20. The molecule has 0 spiro atoms. The fourth-order valence-electron chi connectivity index (χ4n) is 3.54. The van der Waals surface area contributed by atoms with E-state index in [9.17, 15) is 4.79 Å². The smallest absolute Gasteiger partial charge is 0.282 e. The van der Waals surface area contributed by atoms with Gasteiger partial charge in [-0.25, -0.2) is 4.98 Å². The summed E-state index contributed by atoms with van der Waals surface area (Å²) in [6.07, 6.45) is 1.55. The molecule has 3 aromatic carbocycles. The zero-order valence-corrected chi connectivity index (χ0v) is 19.8. The number of benzene rings is 3. The van der Waals surface area contributed by atoms with E-state index in [1.807, 2.05) is 49.4 Å². The van der Waals surface area contributed by atoms with E-state index in [0.29, 0.717) is 55.5 Å². The number of ether oxygens (including phenoxy) is 1. The molecule has 8 heteroatoms. The highest BCUT2D eigenvalue weighted by Crippen LogP contribution is 2.34. The van der Waals surface area contributed by atoms with Crippen LogP contribution in [0.1, 0.15) is 12.5 Å². The quantitative estimate of drug-likeness (QED) is 0.247. The fourth-order valence-corrected chi connectivity index (χ4v) is 4.53. The predicted octanol–water partition coefficient (Wildman–Crippen LogP) is 6.51. The van der Waals surface area contributed by atoms with Gasteiger partial charge in [-0.15, -0.1) is 0 Å². The molecule has 0 saturated carbocycles. The third-order valence-electron chi connectivity index (χ3n) is 5.03. The third kappa shape index (κ3) is 4.05. The molecule has 0 aliphatic heterocycles. The van der Waals surface area contributed by atoms with Gasteiger partial charge in [0.05, 0.1) is 33.2 Å². The Morgan fingerprint density at radius 1 is 1.15 bits per heavy atom. The maximum absolute atomic E-state index is 13.3. The van der Waals surface area contributed by atoms with Gasteiger partial charge in [-0.1, -0.05) is 41.9 Å². The standard InChI is InChI=1S/C25H17BrClN3O3/c1-2-32-23-18(26)11-15(12-19(23)27)14-28-30-24(22-13-16-7-3-6-10-21(16)33-22)29-20-9-5-4-8-17(20)25(30)31/h3-14H,2H2,1H3. The second-order valence-corrected chi connectivity index (χ2v) is 8.47. The molecule has 0 saturated heterocycles. The van der Waals surface area contributed by atoms with E-state index < -0.39 is 0 Å². The Kier molecular flexibility index (Phi) is 5.74. The van der Waals surface area contributed by atoms with Gasteiger partial charge >= 0.3 is 0 Å². The Morgan fingerprint density at radius 3 is 2.73 bits per heavy atom. The van der Waals surface area contributed by atoms with Gasteiger partial charge in [0.1, 0.15) is 5.58 Å². The van der Waals surface area contributed by atoms with Crippen LogP contribution in [0.15, 0.2) is 85.5 Å². The highest BCUT2D eigenvalue weighted by molar-refractivity contribution is 9.10. The lowest BCUT2D eigenvalue weighted by molar-refractivity contribution is 0.338. The molecule has 0 aliphatic carbocycles. The van der Waals surface area contributed by atoms with Crippen molar-refractivity contribution in [3.63, 3.8) is 0 Å². The molecule has 0 N–H and O–H groups in total. The Bertz CT molecular complexity index is 1530. The minimum absolute atomic E-state index is 0.302. The number of rotatable bonds is 5. The van der Waals surface area contributed by atoms with Crippen LogP contribution >= 0.6 is 27.5 Å². The summed E-state index contributed by atoms with van der Waals surface area (Å²) >= 11 is 9.84. The first kappa shape index (κ1) is 21.4. The number of aromatic nitrogens is 2. The van der Waals surface area contributed by atoms with Crippen LogP contribution in [0.25, 0.3) is 33.5 Å². The average Bonchev–Trinajstić information content (AvgIpc) is 3.25. The van der Waals surface area contributed by atoms with Gasteiger partial charge in [0.15, 0.2) is 11.5 Å². The van der Waals surface area contributed by atoms with Crippen LogP contribution in [-0.2, 0) is 0 Å². The molecule has 0 radical (unpaired) electrons. The van der Waals surface area contributed by atoms with E-state index in [1.165, 1.54) is 4.68 Å². The average molecular weight is 523 g/mol. The molecule has 164 valence electrons. The predicted molar refractivity (Wildman–Crippen MR) is 135 cm³/mol. The summed E-state index contributed by atoms with van der Waals surface area (Å²) in [6, 6.07) is 20.2. The zero-order valence-electron chi connectivity index (χ0n) is 17.5. The summed E-state index contributed by atoms with van der Waals surface area (Å²) in [5, 5.41) is 6.27. The van der Waals surface area contributed by atoms with E-state index >= 15 is 0 Å². The first-order valence-electron chi connectivity index (χ1n) is 10.2. The molecule has 0 amide bonds. The van der Waals surface area contributed by atoms with Crippen molar-refractivity contribution in [1.82, 2.24) is 9.66 Å². The van der Waals surface area contributed by atoms with Crippen LogP contribution in [0.4, 0.5) is 0 Å². The Balaban J connectivity index is 1.68. The maximum Gasteiger partial charge on any atom is 0.282 e. The largest absolute Gasteiger partial charge is 0.491 e. The molecule has 2 heterocycles. The topological polar surface area (TPSA) is 69.6 Å². The van der Waals surface area contributed by atoms with Crippen molar-refractivity contribution < 1.29 is 9.15 Å². The minimum Gasteiger partial charge on any atom is -0.491 e. The van der Waals surface area contributed by atoms with Gasteiger partial charge < -0.3 is 9.15 Å². The second kappa shape index (κ2) is 8.84. The normalized spacial score (nSPS) is 11.6. The zero-order chi connectivity index (χ0) is 22.9. The SMILES string of the molecule is CCOc1c(Cl)cc(C=Nn2c(-c3cc4ccccc4o3)nc3ccccc3c2=O)cc1Br. The van der Waals surface area contributed by atoms with Gasteiger partial charge in [0.25, 0.3) is 5.56 Å². The Morgan fingerprint density at radius 2 is 1.94 bits per heavy atom. The van der Waals surface area contributed by atoms with Crippen molar-refractivity contribution in [1.29, 1.82) is 0 Å². The lowest BCUT2D eigenvalue weighted by Gasteiger charge is -2.09. The molecule has 5 aromatic rings. The van der Waals surface area contributed by atoms with E-state index in [4.69, 9.17) is 20.8 Å². The molecule has 0 atom stereocenters. The van der Waals surface area contributed by atoms with Crippen LogP contribution in [0.2, 0.25) is 5.02 Å². The fraction of sp³-hybridized carbons (Fsp3) is 0.0800. The lowest BCUT2D eigenvalue weighted by atomic mass is 10.2. The molecule has 5 rings (SSSR count). The molecule has 0 unspecified atom stereocenters. The molecule has 33 heavy (non-hydrogen) atoms. The molecule has 0 fully saturated rings. The molecule has 0 bridgehead atoms. The summed E-state index contributed by atoms with van der Waals surface area (Å²) in [6.45, 7) is 2.38. The van der Waals surface area contributed by atoms with Gasteiger partial charge in [-0.2, -0.15) is 9.78 Å². The summed E-state index contributed by atoms with van der Waals surface area (Å²) in [5.41, 5.74) is 1.65. The van der Waals surface area contributed by atoms with Gasteiger partial charge in [0.2, 0.25) is 5.82 Å². The van der Waals surface area contributed by atoms with Gasteiger partial charge in [-0.3, -0.25) is 4.79 Å². The first-order chi connectivity index (χ1) is 16.0. The Hall–Kier alpha value is -3.42. The molecular formula is C25H17BrClN3O3. The molecule has 0 aliphatic rings. The number of para-hydroxylation sites is 2. The van der Waals surface area contributed by atoms with E-state index in [-0.39, 0.29) is 5.56 Å². The third-order valence-corrected chi connectivity index (χ3v) is 5.90. The van der Waals surface area contributed by atoms with Crippen molar-refractivity contribution in [3.8, 4) is 17.3 Å². The highest BCUT2D eigenvalue weighted by atomic mass is 79.9. The number of fused-ring (bicyclic) bond motifs is 2. The van der Waals surface area contributed by atoms with Crippen LogP contribution in [0, 0.1) is 0 Å². The maximum atomic E-state index is 13.3. The second-order valence-electron chi connectivity index (χ2n) is 7.21. The summed E-state index contributed by atoms with van der Waals surface area (Å²) in [5.74, 6) is 1.31. The molecular weight excluding hydrogens is 506 g/mol. The molecule has 2 aromatic heterocycles. The van der Waals surface area contributed by atoms with Gasteiger partial charge in [-0.05, 0) is 64.8 Å². The summed E-state index contributed by atoms with van der Waals surface area (Å²) < 4.78 is 13.5. The number of nitrogens with zero attached hydrogens (tertiary/aromatic N) is 3. The van der Waals surface area contributed by atoms with Crippen molar-refractivity contribution in [2.45, 2.75) is 6.92 Å². The van der Waals surface area contributed by atoms with Crippen LogP contribution in [-0.4, -0.2) is 22.5 Å². The minimum atomic E-state index is -0.302. The summed E-state index contributed by atoms with van der Waals surface area (Å²) in [4.78, 5) is 18.0. The van der Waals surface area contributed by atoms with Gasteiger partial charge in [0, 0.05) is 5.39 Å². The highest BCUT2D eigenvalue weighted by Gasteiger charge is 2.16. The number of hydrogen-bond acceptors (Lipinski definition) is 5. The van der Waals surface area contributed by atoms with Crippen molar-refractivity contribution >= 4 is 55.6 Å². The number of furan rings is 1. The Labute approximate surface area is 202 Å². The number of hydrogen-bond donors (Lipinski definition) is 0. The molecule has 6 nitrogen and oxygen atoms in total. The van der Waals surface area contributed by atoms with Crippen molar-refractivity contribution in [2.75, 3.05) is 6.61 Å². The number of halogens is 2. The van der Waals surface area contributed by atoms with E-state index in [0.717, 1.165) is 5.39 Å². The van der Waals surface area contributed by atoms with E-state index in [2.05, 4.69) is 26.0 Å². The van der Waals surface area contributed by atoms with E-state index in [1.54, 1.807) is 30.5 Å².